The molecule has 306 valence electrons. The number of aryl methyl sites for hydroxylation is 2. The molecule has 1 unspecified atom stereocenters. The van der Waals surface area contributed by atoms with Crippen molar-refractivity contribution in [2.24, 2.45) is 15.9 Å². The molecule has 0 amide bonds. The van der Waals surface area contributed by atoms with Gasteiger partial charge in [-0.15, -0.1) is 11.5 Å². The van der Waals surface area contributed by atoms with Crippen molar-refractivity contribution in [3.05, 3.63) is 130 Å². The van der Waals surface area contributed by atoms with E-state index >= 15 is 0 Å². The van der Waals surface area contributed by atoms with E-state index in [9.17, 15) is 0 Å². The number of fused-ring (bicyclic) bond motifs is 1. The topological polar surface area (TPSA) is 95.3 Å². The standard InChI is InChI=1S/C37H41N3.C7H9N.C5H11N3.C2H6/c1-4-29(23-28(3)24-35-34-18-16-31(25-36(34)35)39-19-7-5-8-20-39)33-17-15-32(40-21-9-6-10-22-40)26-37(33)38-30-13-11-27(2)12-14-30;1-6-2-4-7(8)5-3-6;1-4(2)7-8-5(3)6;1-2/h1,11-18,23-26,29,38H,5-10,19-22H2,2-3H3;2-5H,8H2,1H3;1-3H3,(H2,6,8);1-2H3/b28-23+,35-24+;;;. The first-order chi connectivity index (χ1) is 28.0. The number of piperidine rings is 2. The van der Waals surface area contributed by atoms with Gasteiger partial charge < -0.3 is 26.6 Å². The molecule has 0 saturated carbocycles. The van der Waals surface area contributed by atoms with Crippen molar-refractivity contribution in [2.75, 3.05) is 47.0 Å². The van der Waals surface area contributed by atoms with Crippen molar-refractivity contribution >= 4 is 45.6 Å². The Morgan fingerprint density at radius 1 is 0.707 bits per heavy atom. The molecule has 7 nitrogen and oxygen atoms in total. The molecule has 2 fully saturated rings. The van der Waals surface area contributed by atoms with Crippen molar-refractivity contribution in [3.8, 4) is 12.3 Å². The highest BCUT2D eigenvalue weighted by molar-refractivity contribution is 6.02. The quantitative estimate of drug-likeness (QED) is 0.0479. The molecule has 58 heavy (non-hydrogen) atoms. The molecule has 4 aromatic carbocycles. The number of anilines is 5. The number of hydrogen-bond acceptors (Lipinski definition) is 6. The average molecular weight is 778 g/mol. The van der Waals surface area contributed by atoms with Crippen LogP contribution < -0.4 is 26.6 Å². The Labute approximate surface area is 350 Å². The highest BCUT2D eigenvalue weighted by Crippen LogP contribution is 2.45. The van der Waals surface area contributed by atoms with Gasteiger partial charge in [0, 0.05) is 60.3 Å². The number of amidine groups is 1. The molecule has 2 aliphatic heterocycles. The van der Waals surface area contributed by atoms with Gasteiger partial charge in [-0.25, -0.2) is 0 Å². The fraction of sp³-hybridized carbons (Fsp3) is 0.373. The summed E-state index contributed by atoms with van der Waals surface area (Å²) in [5, 5.41) is 11.0. The van der Waals surface area contributed by atoms with Crippen molar-refractivity contribution in [1.29, 1.82) is 0 Å². The third-order valence-corrected chi connectivity index (χ3v) is 10.1. The first kappa shape index (κ1) is 45.0. The minimum absolute atomic E-state index is 0.119. The lowest BCUT2D eigenvalue weighted by atomic mass is 9.94. The fourth-order valence-corrected chi connectivity index (χ4v) is 7.01. The fourth-order valence-electron chi connectivity index (χ4n) is 7.01. The summed E-state index contributed by atoms with van der Waals surface area (Å²) in [5.41, 5.74) is 26.1. The van der Waals surface area contributed by atoms with E-state index in [4.69, 9.17) is 17.9 Å². The maximum absolute atomic E-state index is 6.19. The van der Waals surface area contributed by atoms with Crippen LogP contribution in [0.3, 0.4) is 0 Å². The maximum atomic E-state index is 6.19. The minimum atomic E-state index is -0.119. The molecule has 1 aliphatic carbocycles. The van der Waals surface area contributed by atoms with Crippen LogP contribution in [0.2, 0.25) is 0 Å². The van der Waals surface area contributed by atoms with Crippen LogP contribution in [0.5, 0.6) is 0 Å². The van der Waals surface area contributed by atoms with E-state index in [1.807, 2.05) is 58.9 Å². The highest BCUT2D eigenvalue weighted by atomic mass is 15.2. The second-order valence-electron chi connectivity index (χ2n) is 15.4. The lowest BCUT2D eigenvalue weighted by Gasteiger charge is -2.30. The summed E-state index contributed by atoms with van der Waals surface area (Å²) in [6.45, 7) is 20.4. The van der Waals surface area contributed by atoms with Gasteiger partial charge in [0.2, 0.25) is 0 Å². The number of nitrogens with one attached hydrogen (secondary N) is 1. The predicted molar refractivity (Wildman–Crippen MR) is 255 cm³/mol. The van der Waals surface area contributed by atoms with E-state index in [1.165, 1.54) is 96.4 Å². The third-order valence-electron chi connectivity index (χ3n) is 10.1. The minimum Gasteiger partial charge on any atom is -0.399 e. The van der Waals surface area contributed by atoms with E-state index in [-0.39, 0.29) is 5.92 Å². The van der Waals surface area contributed by atoms with Gasteiger partial charge in [-0.05, 0) is 151 Å². The molecule has 7 heteroatoms. The van der Waals surface area contributed by atoms with E-state index < -0.39 is 0 Å². The summed E-state index contributed by atoms with van der Waals surface area (Å²) in [5.74, 6) is 3.46. The Hall–Kier alpha value is -5.74. The summed E-state index contributed by atoms with van der Waals surface area (Å²) in [7, 11) is 0. The van der Waals surface area contributed by atoms with Gasteiger partial charge in [0.1, 0.15) is 5.84 Å². The monoisotopic (exact) mass is 778 g/mol. The third kappa shape index (κ3) is 14.0. The molecule has 5 N–H and O–H groups in total. The molecule has 0 radical (unpaired) electrons. The number of nitrogens with two attached hydrogens (primary N) is 2. The molecule has 2 saturated heterocycles. The Kier molecular flexibility index (Phi) is 17.7. The molecule has 0 aromatic heterocycles. The Bertz CT molecular complexity index is 2020. The van der Waals surface area contributed by atoms with Crippen LogP contribution in [0.25, 0.3) is 5.57 Å². The zero-order valence-corrected chi connectivity index (χ0v) is 36.4. The predicted octanol–water partition coefficient (Wildman–Crippen LogP) is 12.2. The van der Waals surface area contributed by atoms with Crippen LogP contribution in [0.4, 0.5) is 28.4 Å². The van der Waals surface area contributed by atoms with Gasteiger partial charge in [-0.1, -0.05) is 85.0 Å². The maximum Gasteiger partial charge on any atom is 0.119 e. The number of hydrogen-bond donors (Lipinski definition) is 3. The van der Waals surface area contributed by atoms with Gasteiger partial charge in [-0.3, -0.25) is 0 Å². The smallest absolute Gasteiger partial charge is 0.119 e. The van der Waals surface area contributed by atoms with Crippen LogP contribution >= 0.6 is 0 Å². The van der Waals surface area contributed by atoms with E-state index in [1.54, 1.807) is 6.92 Å². The van der Waals surface area contributed by atoms with Gasteiger partial charge in [0.25, 0.3) is 0 Å². The molecule has 1 atom stereocenters. The molecular weight excluding hydrogens is 711 g/mol. The summed E-state index contributed by atoms with van der Waals surface area (Å²) < 4.78 is 0. The van der Waals surface area contributed by atoms with Gasteiger partial charge in [-0.2, -0.15) is 5.10 Å². The molecule has 7 rings (SSSR count). The van der Waals surface area contributed by atoms with Gasteiger partial charge in [0.05, 0.1) is 5.92 Å². The lowest BCUT2D eigenvalue weighted by Crippen LogP contribution is -2.29. The molecular formula is C51H67N7. The van der Waals surface area contributed by atoms with Gasteiger partial charge >= 0.3 is 0 Å². The summed E-state index contributed by atoms with van der Waals surface area (Å²) in [6.07, 6.45) is 18.5. The lowest BCUT2D eigenvalue weighted by molar-refractivity contribution is 0.578. The Balaban J connectivity index is 0.000000344. The Morgan fingerprint density at radius 2 is 1.24 bits per heavy atom. The van der Waals surface area contributed by atoms with Crippen LogP contribution in [0.1, 0.15) is 114 Å². The largest absolute Gasteiger partial charge is 0.399 e. The number of nitrogens with zero attached hydrogens (tertiary/aromatic N) is 4. The van der Waals surface area contributed by atoms with Crippen LogP contribution in [0, 0.1) is 26.2 Å². The van der Waals surface area contributed by atoms with Crippen molar-refractivity contribution < 1.29 is 0 Å². The molecule has 4 aromatic rings. The van der Waals surface area contributed by atoms with Crippen molar-refractivity contribution in [2.45, 2.75) is 99.8 Å². The molecule has 0 bridgehead atoms. The Morgan fingerprint density at radius 3 is 1.74 bits per heavy atom. The van der Waals surface area contributed by atoms with Crippen molar-refractivity contribution in [3.63, 3.8) is 0 Å². The van der Waals surface area contributed by atoms with Gasteiger partial charge in [0.15, 0.2) is 0 Å². The van der Waals surface area contributed by atoms with E-state index in [0.29, 0.717) is 5.84 Å². The SMILES string of the molecule is C#CC(/C=C(C)/C=C1\c2ccc(N3CCCCC3)cc21)c1ccc(N2CCCCC2)cc1Nc1ccc(C)cc1.CC.CC(C)=N/N=C(\C)N.Cc1ccc(N)cc1. The summed E-state index contributed by atoms with van der Waals surface area (Å²) in [4.78, 5) is 5.04. The second kappa shape index (κ2) is 22.9. The molecule has 2 heterocycles. The van der Waals surface area contributed by atoms with Crippen LogP contribution in [-0.4, -0.2) is 37.7 Å². The van der Waals surface area contributed by atoms with E-state index in [0.717, 1.165) is 41.4 Å². The van der Waals surface area contributed by atoms with Crippen LogP contribution in [-0.2, 0) is 0 Å². The summed E-state index contributed by atoms with van der Waals surface area (Å²) >= 11 is 0. The zero-order chi connectivity index (χ0) is 42.0. The summed E-state index contributed by atoms with van der Waals surface area (Å²) in [6, 6.07) is 30.1. The number of allylic oxidation sites excluding steroid dienone is 3. The number of nitrogen functional groups attached to an aromatic ring is 1. The van der Waals surface area contributed by atoms with E-state index in [2.05, 4.69) is 118 Å². The average Bonchev–Trinajstić information content (AvgIpc) is 3.93. The normalized spacial score (nSPS) is 15.8. The second-order valence-corrected chi connectivity index (χ2v) is 15.4. The first-order valence-corrected chi connectivity index (χ1v) is 21.1. The van der Waals surface area contributed by atoms with Crippen LogP contribution in [0.15, 0.2) is 113 Å². The number of rotatable bonds is 8. The van der Waals surface area contributed by atoms with Crippen molar-refractivity contribution in [1.82, 2.24) is 0 Å². The highest BCUT2D eigenvalue weighted by Gasteiger charge is 2.26. The number of terminal acetylenes is 1. The first-order valence-electron chi connectivity index (χ1n) is 21.1. The number of benzene rings is 4. The zero-order valence-electron chi connectivity index (χ0n) is 36.4. The molecule has 0 spiro atoms. The molecule has 3 aliphatic rings.